The van der Waals surface area contributed by atoms with Crippen LogP contribution in [0.2, 0.25) is 5.02 Å². The van der Waals surface area contributed by atoms with E-state index in [0.717, 1.165) is 49.9 Å². The Kier molecular flexibility index (Phi) is 6.06. The largest absolute Gasteiger partial charge is 0.339 e. The number of likely N-dealkylation sites (tertiary alicyclic amines) is 2. The van der Waals surface area contributed by atoms with Gasteiger partial charge in [0.1, 0.15) is 5.82 Å². The number of amides is 2. The van der Waals surface area contributed by atoms with Gasteiger partial charge in [0.25, 0.3) is 11.8 Å². The topological polar surface area (TPSA) is 57.9 Å². The summed E-state index contributed by atoms with van der Waals surface area (Å²) in [5, 5.41) is 4.51. The lowest BCUT2D eigenvalue weighted by atomic mass is 9.89. The van der Waals surface area contributed by atoms with Crippen LogP contribution < -0.4 is 0 Å². The maximum Gasteiger partial charge on any atom is 0.258 e. The molecule has 2 saturated heterocycles. The average molecular weight is 469 g/mol. The van der Waals surface area contributed by atoms with Crippen molar-refractivity contribution in [3.8, 4) is 0 Å². The van der Waals surface area contributed by atoms with Crippen LogP contribution in [0, 0.1) is 5.82 Å². The molecule has 2 aromatic heterocycles. The first kappa shape index (κ1) is 21.9. The number of rotatable bonds is 3. The van der Waals surface area contributed by atoms with Crippen molar-refractivity contribution >= 4 is 28.9 Å². The van der Waals surface area contributed by atoms with Crippen molar-refractivity contribution in [3.05, 3.63) is 70.3 Å². The summed E-state index contributed by atoms with van der Waals surface area (Å²) in [6.45, 7) is 2.65. The van der Waals surface area contributed by atoms with Crippen molar-refractivity contribution in [2.45, 2.75) is 38.0 Å². The molecule has 0 aliphatic carbocycles. The molecule has 4 heterocycles. The molecule has 2 aliphatic heterocycles. The molecule has 5 rings (SSSR count). The molecule has 0 unspecified atom stereocenters. The third-order valence-corrected chi connectivity index (χ3v) is 7.16. The van der Waals surface area contributed by atoms with Gasteiger partial charge in [-0.3, -0.25) is 9.59 Å². The van der Waals surface area contributed by atoms with Gasteiger partial charge in [-0.1, -0.05) is 17.7 Å². The number of fused-ring (bicyclic) bond motifs is 1. The summed E-state index contributed by atoms with van der Waals surface area (Å²) in [5.74, 6) is -0.657. The van der Waals surface area contributed by atoms with Gasteiger partial charge in [-0.15, -0.1) is 0 Å². The molecular formula is C25H26ClFN4O2. The minimum Gasteiger partial charge on any atom is -0.339 e. The number of carbonyl (C=O) groups is 2. The van der Waals surface area contributed by atoms with Gasteiger partial charge < -0.3 is 9.80 Å². The van der Waals surface area contributed by atoms with E-state index in [1.165, 1.54) is 24.6 Å². The monoisotopic (exact) mass is 468 g/mol. The molecule has 3 aromatic rings. The first-order valence-corrected chi connectivity index (χ1v) is 11.9. The number of carbonyl (C=O) groups excluding carboxylic acids is 2. The van der Waals surface area contributed by atoms with Gasteiger partial charge in [0.15, 0.2) is 0 Å². The first-order valence-electron chi connectivity index (χ1n) is 11.5. The number of aromatic nitrogens is 2. The molecule has 0 atom stereocenters. The second-order valence-electron chi connectivity index (χ2n) is 8.86. The van der Waals surface area contributed by atoms with E-state index in [-0.39, 0.29) is 28.3 Å². The van der Waals surface area contributed by atoms with E-state index in [2.05, 4.69) is 11.2 Å². The molecule has 0 bridgehead atoms. The molecule has 172 valence electrons. The van der Waals surface area contributed by atoms with E-state index in [9.17, 15) is 14.0 Å². The number of hydrogen-bond donors (Lipinski definition) is 0. The molecule has 2 amide bonds. The first-order chi connectivity index (χ1) is 16.0. The van der Waals surface area contributed by atoms with Gasteiger partial charge in [0.05, 0.1) is 27.9 Å². The van der Waals surface area contributed by atoms with Gasteiger partial charge >= 0.3 is 0 Å². The molecule has 0 spiro atoms. The van der Waals surface area contributed by atoms with Gasteiger partial charge in [-0.05, 0) is 67.9 Å². The standard InChI is InChI=1S/C25H26ClFN4O2/c26-20-5-4-6-21(27)23(20)25(33)30-12-7-17(8-13-30)18-9-14-31-22(15-18)19(16-28-31)24(32)29-10-2-1-3-11-29/h4-6,9,14-17H,1-3,7-8,10-13H2. The third kappa shape index (κ3) is 4.22. The Labute approximate surface area is 196 Å². The summed E-state index contributed by atoms with van der Waals surface area (Å²) in [4.78, 5) is 29.5. The molecule has 1 aromatic carbocycles. The second-order valence-corrected chi connectivity index (χ2v) is 9.27. The summed E-state index contributed by atoms with van der Waals surface area (Å²) in [6, 6.07) is 8.38. The highest BCUT2D eigenvalue weighted by molar-refractivity contribution is 6.33. The molecule has 0 N–H and O–H groups in total. The number of nitrogens with zero attached hydrogens (tertiary/aromatic N) is 4. The quantitative estimate of drug-likeness (QED) is 0.556. The van der Waals surface area contributed by atoms with E-state index in [4.69, 9.17) is 11.6 Å². The maximum atomic E-state index is 14.2. The van der Waals surface area contributed by atoms with Crippen LogP contribution in [-0.4, -0.2) is 57.4 Å². The van der Waals surface area contributed by atoms with Crippen LogP contribution in [0.4, 0.5) is 4.39 Å². The summed E-state index contributed by atoms with van der Waals surface area (Å²) < 4.78 is 15.9. The fraction of sp³-hybridized carbons (Fsp3) is 0.400. The van der Waals surface area contributed by atoms with Crippen LogP contribution in [-0.2, 0) is 0 Å². The maximum absolute atomic E-state index is 14.2. The fourth-order valence-electron chi connectivity index (χ4n) is 4.96. The second kappa shape index (κ2) is 9.14. The Morgan fingerprint density at radius 3 is 2.42 bits per heavy atom. The van der Waals surface area contributed by atoms with Gasteiger partial charge in [0, 0.05) is 32.4 Å². The molecule has 2 aliphatic rings. The predicted octanol–water partition coefficient (Wildman–Crippen LogP) is 4.77. The smallest absolute Gasteiger partial charge is 0.258 e. The molecule has 0 saturated carbocycles. The fourth-order valence-corrected chi connectivity index (χ4v) is 5.20. The van der Waals surface area contributed by atoms with Gasteiger partial charge in [-0.2, -0.15) is 5.10 Å². The number of halogens is 2. The Morgan fingerprint density at radius 1 is 0.970 bits per heavy atom. The predicted molar refractivity (Wildman–Crippen MR) is 124 cm³/mol. The van der Waals surface area contributed by atoms with E-state index in [1.54, 1.807) is 15.6 Å². The summed E-state index contributed by atoms with van der Waals surface area (Å²) in [6.07, 6.45) is 8.35. The molecular weight excluding hydrogens is 443 g/mol. The zero-order chi connectivity index (χ0) is 22.9. The number of hydrogen-bond acceptors (Lipinski definition) is 3. The molecule has 33 heavy (non-hydrogen) atoms. The van der Waals surface area contributed by atoms with E-state index in [0.29, 0.717) is 18.7 Å². The van der Waals surface area contributed by atoms with E-state index >= 15 is 0 Å². The lowest BCUT2D eigenvalue weighted by molar-refractivity contribution is 0.0705. The average Bonchev–Trinajstić information content (AvgIpc) is 3.27. The van der Waals surface area contributed by atoms with Crippen LogP contribution in [0.25, 0.3) is 5.52 Å². The van der Waals surface area contributed by atoms with Crippen LogP contribution in [0.15, 0.2) is 42.7 Å². The zero-order valence-corrected chi connectivity index (χ0v) is 19.1. The van der Waals surface area contributed by atoms with Crippen LogP contribution in [0.3, 0.4) is 0 Å². The third-order valence-electron chi connectivity index (χ3n) is 6.85. The Morgan fingerprint density at radius 2 is 1.70 bits per heavy atom. The molecule has 0 radical (unpaired) electrons. The van der Waals surface area contributed by atoms with Crippen LogP contribution in [0.5, 0.6) is 0 Å². The Bertz CT molecular complexity index is 1180. The zero-order valence-electron chi connectivity index (χ0n) is 18.3. The highest BCUT2D eigenvalue weighted by Gasteiger charge is 2.28. The minimum atomic E-state index is -0.591. The van der Waals surface area contributed by atoms with Crippen LogP contribution in [0.1, 0.15) is 64.3 Å². The molecule has 8 heteroatoms. The van der Waals surface area contributed by atoms with Gasteiger partial charge in [0.2, 0.25) is 0 Å². The van der Waals surface area contributed by atoms with Crippen molar-refractivity contribution in [3.63, 3.8) is 0 Å². The summed E-state index contributed by atoms with van der Waals surface area (Å²) in [5.41, 5.74) is 2.53. The van der Waals surface area contributed by atoms with Gasteiger partial charge in [-0.25, -0.2) is 8.91 Å². The highest BCUT2D eigenvalue weighted by Crippen LogP contribution is 2.31. The normalized spacial score (nSPS) is 17.5. The highest BCUT2D eigenvalue weighted by atomic mass is 35.5. The van der Waals surface area contributed by atoms with E-state index < -0.39 is 5.82 Å². The number of piperidine rings is 2. The Balaban J connectivity index is 1.31. The van der Waals surface area contributed by atoms with Crippen molar-refractivity contribution in [2.24, 2.45) is 0 Å². The van der Waals surface area contributed by atoms with Crippen LogP contribution >= 0.6 is 11.6 Å². The minimum absolute atomic E-state index is 0.0454. The van der Waals surface area contributed by atoms with E-state index in [1.807, 2.05) is 17.2 Å². The lowest BCUT2D eigenvalue weighted by Gasteiger charge is -2.32. The van der Waals surface area contributed by atoms with Crippen molar-refractivity contribution in [2.75, 3.05) is 26.2 Å². The lowest BCUT2D eigenvalue weighted by Crippen LogP contribution is -2.38. The molecule has 2 fully saturated rings. The van der Waals surface area contributed by atoms with Crippen molar-refractivity contribution < 1.29 is 14.0 Å². The van der Waals surface area contributed by atoms with Crippen molar-refractivity contribution in [1.82, 2.24) is 19.4 Å². The summed E-state index contributed by atoms with van der Waals surface area (Å²) >= 11 is 6.08. The number of pyridine rings is 1. The number of benzene rings is 1. The Hall–Kier alpha value is -2.93. The SMILES string of the molecule is O=C(c1c(F)cccc1Cl)N1CCC(c2ccn3ncc(C(=O)N4CCCCC4)c3c2)CC1. The van der Waals surface area contributed by atoms with Crippen molar-refractivity contribution in [1.29, 1.82) is 0 Å². The molecule has 6 nitrogen and oxygen atoms in total. The summed E-state index contributed by atoms with van der Waals surface area (Å²) in [7, 11) is 0.